The van der Waals surface area contributed by atoms with Crippen LogP contribution in [0.5, 0.6) is 0 Å². The summed E-state index contributed by atoms with van der Waals surface area (Å²) in [6, 6.07) is 0.150. The molecule has 0 aromatic heterocycles. The molecule has 0 rings (SSSR count). The fraction of sp³-hybridized carbons (Fsp3) is 0.750. The molecule has 0 aliphatic carbocycles. The second kappa shape index (κ2) is 8.31. The highest BCUT2D eigenvalue weighted by Gasteiger charge is 2.15. The number of hydrogen-bond acceptors (Lipinski definition) is 2. The summed E-state index contributed by atoms with van der Waals surface area (Å²) in [6.07, 6.45) is 8.11. The van der Waals surface area contributed by atoms with Crippen LogP contribution in [-0.2, 0) is 4.79 Å². The van der Waals surface area contributed by atoms with Crippen molar-refractivity contribution in [2.75, 3.05) is 13.2 Å². The predicted octanol–water partition coefficient (Wildman–Crippen LogP) is 1.41. The van der Waals surface area contributed by atoms with Crippen LogP contribution in [0.1, 0.15) is 39.5 Å². The first-order chi connectivity index (χ1) is 7.13. The summed E-state index contributed by atoms with van der Waals surface area (Å²) in [4.78, 5) is 13.4. The summed E-state index contributed by atoms with van der Waals surface area (Å²) in [7, 11) is 0. The minimum absolute atomic E-state index is 0.0221. The van der Waals surface area contributed by atoms with Gasteiger partial charge in [-0.15, -0.1) is 12.3 Å². The fourth-order valence-electron chi connectivity index (χ4n) is 1.43. The lowest BCUT2D eigenvalue weighted by atomic mass is 10.1. The zero-order valence-corrected chi connectivity index (χ0v) is 9.70. The molecule has 15 heavy (non-hydrogen) atoms. The van der Waals surface area contributed by atoms with Gasteiger partial charge in [-0.05, 0) is 26.7 Å². The highest BCUT2D eigenvalue weighted by molar-refractivity contribution is 5.76. The molecule has 0 bridgehead atoms. The van der Waals surface area contributed by atoms with Crippen LogP contribution in [0.4, 0.5) is 0 Å². The van der Waals surface area contributed by atoms with Crippen LogP contribution < -0.4 is 0 Å². The average Bonchev–Trinajstić information content (AvgIpc) is 2.20. The van der Waals surface area contributed by atoms with Crippen LogP contribution in [0.2, 0.25) is 0 Å². The number of unbranched alkanes of at least 4 members (excludes halogenated alkanes) is 2. The van der Waals surface area contributed by atoms with Crippen molar-refractivity contribution >= 4 is 5.91 Å². The number of amides is 1. The van der Waals surface area contributed by atoms with Gasteiger partial charge in [-0.1, -0.05) is 0 Å². The molecule has 0 aliphatic rings. The molecule has 0 aromatic rings. The molecule has 0 atom stereocenters. The minimum atomic E-state index is 0.0221. The lowest BCUT2D eigenvalue weighted by Gasteiger charge is -2.25. The van der Waals surface area contributed by atoms with E-state index in [0.29, 0.717) is 13.0 Å². The third-order valence-electron chi connectivity index (χ3n) is 2.25. The highest BCUT2D eigenvalue weighted by atomic mass is 16.3. The number of carbonyl (C=O) groups excluding carboxylic acids is 1. The Kier molecular flexibility index (Phi) is 7.75. The number of rotatable bonds is 7. The number of aliphatic hydroxyl groups excluding tert-OH is 1. The van der Waals surface area contributed by atoms with Crippen LogP contribution in [0.25, 0.3) is 0 Å². The lowest BCUT2D eigenvalue weighted by molar-refractivity contribution is -0.133. The van der Waals surface area contributed by atoms with Crippen molar-refractivity contribution in [1.82, 2.24) is 4.90 Å². The highest BCUT2D eigenvalue weighted by Crippen LogP contribution is 2.06. The molecular formula is C12H21NO2. The maximum absolute atomic E-state index is 11.7. The van der Waals surface area contributed by atoms with E-state index in [0.717, 1.165) is 19.3 Å². The summed E-state index contributed by atoms with van der Waals surface area (Å²) in [5.41, 5.74) is 0. The lowest BCUT2D eigenvalue weighted by Crippen LogP contribution is -2.38. The van der Waals surface area contributed by atoms with E-state index in [1.165, 1.54) is 0 Å². The van der Waals surface area contributed by atoms with E-state index in [-0.39, 0.29) is 18.6 Å². The van der Waals surface area contributed by atoms with Crippen molar-refractivity contribution in [3.63, 3.8) is 0 Å². The number of aliphatic hydroxyl groups is 1. The molecule has 0 saturated carbocycles. The van der Waals surface area contributed by atoms with E-state index in [4.69, 9.17) is 11.5 Å². The van der Waals surface area contributed by atoms with Crippen LogP contribution in [-0.4, -0.2) is 35.1 Å². The number of carbonyl (C=O) groups is 1. The second-order valence-electron chi connectivity index (χ2n) is 3.82. The Labute approximate surface area is 92.5 Å². The molecule has 3 nitrogen and oxygen atoms in total. The molecule has 0 heterocycles. The topological polar surface area (TPSA) is 40.5 Å². The Hall–Kier alpha value is -1.01. The van der Waals surface area contributed by atoms with Gasteiger partial charge in [0.2, 0.25) is 5.91 Å². The average molecular weight is 211 g/mol. The molecule has 1 amide bonds. The maximum Gasteiger partial charge on any atom is 0.222 e. The molecule has 0 saturated heterocycles. The van der Waals surface area contributed by atoms with Crippen molar-refractivity contribution < 1.29 is 9.90 Å². The molecule has 0 aromatic carbocycles. The third-order valence-corrected chi connectivity index (χ3v) is 2.25. The van der Waals surface area contributed by atoms with Crippen molar-refractivity contribution in [3.8, 4) is 12.3 Å². The molecule has 86 valence electrons. The Morgan fingerprint density at radius 1 is 1.47 bits per heavy atom. The van der Waals surface area contributed by atoms with Crippen LogP contribution >= 0.6 is 0 Å². The Bertz CT molecular complexity index is 218. The van der Waals surface area contributed by atoms with Gasteiger partial charge in [0.15, 0.2) is 0 Å². The summed E-state index contributed by atoms with van der Waals surface area (Å²) in [5, 5.41) is 8.82. The zero-order chi connectivity index (χ0) is 11.7. The van der Waals surface area contributed by atoms with E-state index in [2.05, 4.69) is 5.92 Å². The van der Waals surface area contributed by atoms with Crippen molar-refractivity contribution in [2.24, 2.45) is 0 Å². The SMILES string of the molecule is C#CCCCCC(=O)N(CCO)C(C)C. The second-order valence-corrected chi connectivity index (χ2v) is 3.82. The van der Waals surface area contributed by atoms with Gasteiger partial charge in [-0.3, -0.25) is 4.79 Å². The van der Waals surface area contributed by atoms with Crippen LogP contribution in [0.15, 0.2) is 0 Å². The van der Waals surface area contributed by atoms with Gasteiger partial charge < -0.3 is 10.0 Å². The van der Waals surface area contributed by atoms with Gasteiger partial charge in [0.05, 0.1) is 6.61 Å². The van der Waals surface area contributed by atoms with Gasteiger partial charge in [0.1, 0.15) is 0 Å². The molecule has 3 heteroatoms. The summed E-state index contributed by atoms with van der Waals surface area (Å²) < 4.78 is 0. The zero-order valence-electron chi connectivity index (χ0n) is 9.70. The van der Waals surface area contributed by atoms with E-state index in [9.17, 15) is 4.79 Å². The smallest absolute Gasteiger partial charge is 0.222 e. The first-order valence-electron chi connectivity index (χ1n) is 5.47. The molecule has 0 aliphatic heterocycles. The molecule has 0 spiro atoms. The predicted molar refractivity (Wildman–Crippen MR) is 61.2 cm³/mol. The van der Waals surface area contributed by atoms with Gasteiger partial charge in [0, 0.05) is 25.4 Å². The van der Waals surface area contributed by atoms with E-state index < -0.39 is 0 Å². The van der Waals surface area contributed by atoms with Crippen LogP contribution in [0.3, 0.4) is 0 Å². The molecule has 0 radical (unpaired) electrons. The largest absolute Gasteiger partial charge is 0.395 e. The summed E-state index contributed by atoms with van der Waals surface area (Å²) in [6.45, 7) is 4.35. The first-order valence-corrected chi connectivity index (χ1v) is 5.47. The Morgan fingerprint density at radius 2 is 2.13 bits per heavy atom. The summed E-state index contributed by atoms with van der Waals surface area (Å²) >= 11 is 0. The molecule has 0 unspecified atom stereocenters. The molecule has 0 fully saturated rings. The molecular weight excluding hydrogens is 190 g/mol. The Balaban J connectivity index is 3.88. The van der Waals surface area contributed by atoms with Crippen LogP contribution in [0, 0.1) is 12.3 Å². The first kappa shape index (κ1) is 14.0. The van der Waals surface area contributed by atoms with Gasteiger partial charge in [-0.25, -0.2) is 0 Å². The van der Waals surface area contributed by atoms with Crippen molar-refractivity contribution in [3.05, 3.63) is 0 Å². The van der Waals surface area contributed by atoms with E-state index >= 15 is 0 Å². The quantitative estimate of drug-likeness (QED) is 0.511. The third kappa shape index (κ3) is 6.14. The number of terminal acetylenes is 1. The van der Waals surface area contributed by atoms with Gasteiger partial charge in [0.25, 0.3) is 0 Å². The monoisotopic (exact) mass is 211 g/mol. The minimum Gasteiger partial charge on any atom is -0.395 e. The molecule has 1 N–H and O–H groups in total. The van der Waals surface area contributed by atoms with Crippen molar-refractivity contribution in [2.45, 2.75) is 45.6 Å². The van der Waals surface area contributed by atoms with Gasteiger partial charge >= 0.3 is 0 Å². The Morgan fingerprint density at radius 3 is 2.60 bits per heavy atom. The van der Waals surface area contributed by atoms with Gasteiger partial charge in [-0.2, -0.15) is 0 Å². The van der Waals surface area contributed by atoms with E-state index in [1.54, 1.807) is 4.90 Å². The van der Waals surface area contributed by atoms with E-state index in [1.807, 2.05) is 13.8 Å². The normalized spacial score (nSPS) is 10.1. The maximum atomic E-state index is 11.7. The fourth-order valence-corrected chi connectivity index (χ4v) is 1.43. The standard InChI is InChI=1S/C12H21NO2/c1-4-5-6-7-8-12(15)13(9-10-14)11(2)3/h1,11,14H,5-10H2,2-3H3. The number of hydrogen-bond donors (Lipinski definition) is 1. The van der Waals surface area contributed by atoms with Crippen molar-refractivity contribution in [1.29, 1.82) is 0 Å². The number of nitrogens with zero attached hydrogens (tertiary/aromatic N) is 1. The summed E-state index contributed by atoms with van der Waals surface area (Å²) in [5.74, 6) is 2.66.